The van der Waals surface area contributed by atoms with E-state index in [0.29, 0.717) is 0 Å². The van der Waals surface area contributed by atoms with Crippen LogP contribution in [0.2, 0.25) is 0 Å². The predicted octanol–water partition coefficient (Wildman–Crippen LogP) is 3.26. The van der Waals surface area contributed by atoms with E-state index in [0.717, 1.165) is 18.5 Å². The van der Waals surface area contributed by atoms with Gasteiger partial charge in [0.1, 0.15) is 0 Å². The maximum atomic E-state index is 3.54. The molecule has 2 fully saturated rings. The fourth-order valence-electron chi connectivity index (χ4n) is 3.60. The average molecular weight is 370 g/mol. The first kappa shape index (κ1) is 13.8. The van der Waals surface area contributed by atoms with E-state index in [2.05, 4.69) is 57.1 Å². The van der Waals surface area contributed by atoms with Gasteiger partial charge in [0.2, 0.25) is 0 Å². The number of nitrogens with zero attached hydrogens (tertiary/aromatic N) is 1. The van der Waals surface area contributed by atoms with Gasteiger partial charge < -0.3 is 5.32 Å². The summed E-state index contributed by atoms with van der Waals surface area (Å²) in [5.74, 6) is 0.877. The highest BCUT2D eigenvalue weighted by molar-refractivity contribution is 14.1. The second-order valence-corrected chi connectivity index (χ2v) is 7.04. The molecule has 2 nitrogen and oxygen atoms in total. The van der Waals surface area contributed by atoms with E-state index in [1.54, 1.807) is 0 Å². The molecule has 2 saturated heterocycles. The Morgan fingerprint density at radius 3 is 2.89 bits per heavy atom. The number of piperidine rings is 1. The van der Waals surface area contributed by atoms with Gasteiger partial charge in [-0.3, -0.25) is 4.90 Å². The van der Waals surface area contributed by atoms with Crippen molar-refractivity contribution in [2.45, 2.75) is 38.3 Å². The van der Waals surface area contributed by atoms with Crippen LogP contribution in [-0.4, -0.2) is 30.6 Å². The molecule has 19 heavy (non-hydrogen) atoms. The smallest absolute Gasteiger partial charge is 0.0247 e. The van der Waals surface area contributed by atoms with Gasteiger partial charge in [-0.15, -0.1) is 0 Å². The Hall–Kier alpha value is -0.130. The first-order valence-corrected chi connectivity index (χ1v) is 8.60. The highest BCUT2D eigenvalue weighted by Crippen LogP contribution is 2.29. The summed E-state index contributed by atoms with van der Waals surface area (Å²) >= 11 is 2.47. The Balaban J connectivity index is 1.71. The van der Waals surface area contributed by atoms with E-state index in [1.165, 1.54) is 54.5 Å². The molecule has 0 amide bonds. The van der Waals surface area contributed by atoms with Crippen LogP contribution in [0.3, 0.4) is 0 Å². The molecule has 0 aliphatic carbocycles. The van der Waals surface area contributed by atoms with Crippen molar-refractivity contribution >= 4 is 22.6 Å². The minimum atomic E-state index is 0.805. The summed E-state index contributed by atoms with van der Waals surface area (Å²) in [6.07, 6.45) is 5.56. The van der Waals surface area contributed by atoms with E-state index in [9.17, 15) is 0 Å². The topological polar surface area (TPSA) is 15.3 Å². The summed E-state index contributed by atoms with van der Waals surface area (Å²) in [6, 6.07) is 9.64. The van der Waals surface area contributed by atoms with E-state index >= 15 is 0 Å². The molecule has 1 N–H and O–H groups in total. The molecule has 0 bridgehead atoms. The lowest BCUT2D eigenvalue weighted by molar-refractivity contribution is 0.0981. The van der Waals surface area contributed by atoms with Crippen LogP contribution in [0, 0.1) is 9.49 Å². The van der Waals surface area contributed by atoms with Crippen LogP contribution >= 0.6 is 22.6 Å². The first-order chi connectivity index (χ1) is 9.34. The summed E-state index contributed by atoms with van der Waals surface area (Å²) in [4.78, 5) is 2.75. The maximum absolute atomic E-state index is 3.54. The van der Waals surface area contributed by atoms with Crippen molar-refractivity contribution in [1.29, 1.82) is 0 Å². The quantitative estimate of drug-likeness (QED) is 0.822. The fourth-order valence-corrected chi connectivity index (χ4v) is 4.16. The summed E-state index contributed by atoms with van der Waals surface area (Å²) in [5.41, 5.74) is 1.50. The SMILES string of the molecule is Ic1ccccc1CN1CCCCC1C1CCNC1. The van der Waals surface area contributed by atoms with E-state index in [-0.39, 0.29) is 0 Å². The molecule has 2 aliphatic heterocycles. The second kappa shape index (κ2) is 6.55. The standard InChI is InChI=1S/C16H23IN2/c17-15-6-2-1-5-14(15)12-19-10-4-3-7-16(19)13-8-9-18-11-13/h1-2,5-6,13,16,18H,3-4,7-12H2. The lowest BCUT2D eigenvalue weighted by Gasteiger charge is -2.39. The van der Waals surface area contributed by atoms with Crippen LogP contribution < -0.4 is 5.32 Å². The Morgan fingerprint density at radius 1 is 1.21 bits per heavy atom. The highest BCUT2D eigenvalue weighted by atomic mass is 127. The van der Waals surface area contributed by atoms with Crippen molar-refractivity contribution < 1.29 is 0 Å². The lowest BCUT2D eigenvalue weighted by atomic mass is 9.89. The van der Waals surface area contributed by atoms with Crippen LogP contribution in [0.25, 0.3) is 0 Å². The molecule has 2 aliphatic rings. The van der Waals surface area contributed by atoms with Gasteiger partial charge in [-0.05, 0) is 79.0 Å². The Kier molecular flexibility index (Phi) is 4.77. The second-order valence-electron chi connectivity index (χ2n) is 5.88. The number of benzene rings is 1. The Labute approximate surface area is 130 Å². The number of likely N-dealkylation sites (tertiary alicyclic amines) is 1. The molecule has 1 aromatic rings. The highest BCUT2D eigenvalue weighted by Gasteiger charge is 2.31. The van der Waals surface area contributed by atoms with Gasteiger partial charge in [-0.25, -0.2) is 0 Å². The monoisotopic (exact) mass is 370 g/mol. The molecule has 1 aromatic carbocycles. The lowest BCUT2D eigenvalue weighted by Crippen LogP contribution is -2.44. The maximum Gasteiger partial charge on any atom is 0.0247 e. The van der Waals surface area contributed by atoms with Gasteiger partial charge in [0, 0.05) is 16.2 Å². The molecular formula is C16H23IN2. The van der Waals surface area contributed by atoms with E-state index < -0.39 is 0 Å². The van der Waals surface area contributed by atoms with Crippen molar-refractivity contribution in [2.75, 3.05) is 19.6 Å². The number of rotatable bonds is 3. The van der Waals surface area contributed by atoms with Gasteiger partial charge in [0.05, 0.1) is 0 Å². The molecule has 0 spiro atoms. The number of hydrogen-bond acceptors (Lipinski definition) is 2. The minimum absolute atomic E-state index is 0.805. The summed E-state index contributed by atoms with van der Waals surface area (Å²) in [5, 5.41) is 3.54. The molecule has 0 radical (unpaired) electrons. The molecule has 104 valence electrons. The molecule has 3 rings (SSSR count). The van der Waals surface area contributed by atoms with Gasteiger partial charge >= 0.3 is 0 Å². The number of halogens is 1. The van der Waals surface area contributed by atoms with E-state index in [4.69, 9.17) is 0 Å². The predicted molar refractivity (Wildman–Crippen MR) is 88.2 cm³/mol. The third kappa shape index (κ3) is 3.31. The Bertz CT molecular complexity index is 415. The minimum Gasteiger partial charge on any atom is -0.316 e. The fraction of sp³-hybridized carbons (Fsp3) is 0.625. The van der Waals surface area contributed by atoms with Crippen molar-refractivity contribution in [2.24, 2.45) is 5.92 Å². The van der Waals surface area contributed by atoms with Gasteiger partial charge in [0.25, 0.3) is 0 Å². The molecule has 2 heterocycles. The summed E-state index contributed by atoms with van der Waals surface area (Å²) in [6.45, 7) is 4.87. The molecule has 0 saturated carbocycles. The van der Waals surface area contributed by atoms with Crippen LogP contribution in [0.15, 0.2) is 24.3 Å². The Morgan fingerprint density at radius 2 is 2.11 bits per heavy atom. The number of nitrogens with one attached hydrogen (secondary N) is 1. The summed E-state index contributed by atoms with van der Waals surface area (Å²) < 4.78 is 1.41. The average Bonchev–Trinajstić information content (AvgIpc) is 2.96. The van der Waals surface area contributed by atoms with Crippen molar-refractivity contribution in [3.8, 4) is 0 Å². The van der Waals surface area contributed by atoms with Crippen molar-refractivity contribution in [1.82, 2.24) is 10.2 Å². The molecule has 2 atom stereocenters. The molecular weight excluding hydrogens is 347 g/mol. The van der Waals surface area contributed by atoms with Crippen LogP contribution in [0.5, 0.6) is 0 Å². The molecule has 2 unspecified atom stereocenters. The first-order valence-electron chi connectivity index (χ1n) is 7.53. The molecule has 0 aromatic heterocycles. The van der Waals surface area contributed by atoms with Gasteiger partial charge in [0.15, 0.2) is 0 Å². The van der Waals surface area contributed by atoms with Crippen LogP contribution in [0.1, 0.15) is 31.2 Å². The third-order valence-electron chi connectivity index (χ3n) is 4.64. The van der Waals surface area contributed by atoms with E-state index in [1.807, 2.05) is 0 Å². The van der Waals surface area contributed by atoms with Gasteiger partial charge in [-0.1, -0.05) is 24.6 Å². The van der Waals surface area contributed by atoms with Crippen molar-refractivity contribution in [3.63, 3.8) is 0 Å². The zero-order valence-electron chi connectivity index (χ0n) is 11.4. The third-order valence-corrected chi connectivity index (χ3v) is 5.69. The largest absolute Gasteiger partial charge is 0.316 e. The van der Waals surface area contributed by atoms with Crippen LogP contribution in [-0.2, 0) is 6.54 Å². The summed E-state index contributed by atoms with van der Waals surface area (Å²) in [7, 11) is 0. The van der Waals surface area contributed by atoms with Crippen molar-refractivity contribution in [3.05, 3.63) is 33.4 Å². The van der Waals surface area contributed by atoms with Gasteiger partial charge in [-0.2, -0.15) is 0 Å². The zero-order valence-corrected chi connectivity index (χ0v) is 13.6. The zero-order chi connectivity index (χ0) is 13.1. The van der Waals surface area contributed by atoms with Crippen LogP contribution in [0.4, 0.5) is 0 Å². The molecule has 3 heteroatoms. The number of hydrogen-bond donors (Lipinski definition) is 1. The normalized spacial score (nSPS) is 28.7.